The highest BCUT2D eigenvalue weighted by molar-refractivity contribution is 6.07. The standard InChI is InChI=1S/C29H31N3O4/c1-19(2)32(25-14-12-24(13-15-25)30-23-9-7-6-8-10-23)29(33)22-11-16-27(28(17-22)34-5)35-18-26-20(3)31-36-21(26)4/h6-17,19,30H,18H2,1-5H3. The van der Waals surface area contributed by atoms with Crippen LogP contribution in [0.1, 0.15) is 41.2 Å². The lowest BCUT2D eigenvalue weighted by molar-refractivity contribution is 0.0980. The van der Waals surface area contributed by atoms with Gasteiger partial charge in [-0.15, -0.1) is 0 Å². The summed E-state index contributed by atoms with van der Waals surface area (Å²) in [6.07, 6.45) is 0. The van der Waals surface area contributed by atoms with Crippen LogP contribution in [0.5, 0.6) is 11.5 Å². The molecular formula is C29H31N3O4. The van der Waals surface area contributed by atoms with E-state index in [1.54, 1.807) is 30.2 Å². The third kappa shape index (κ3) is 5.51. The zero-order valence-corrected chi connectivity index (χ0v) is 21.2. The van der Waals surface area contributed by atoms with E-state index < -0.39 is 0 Å². The van der Waals surface area contributed by atoms with E-state index in [-0.39, 0.29) is 11.9 Å². The summed E-state index contributed by atoms with van der Waals surface area (Å²) in [6, 6.07) is 23.0. The molecule has 1 N–H and O–H groups in total. The molecule has 0 unspecified atom stereocenters. The minimum Gasteiger partial charge on any atom is -0.493 e. The number of amides is 1. The lowest BCUT2D eigenvalue weighted by atomic mass is 10.1. The topological polar surface area (TPSA) is 76.8 Å². The van der Waals surface area contributed by atoms with Crippen LogP contribution in [-0.4, -0.2) is 24.2 Å². The number of carbonyl (C=O) groups excluding carboxylic acids is 1. The summed E-state index contributed by atoms with van der Waals surface area (Å²) in [5.74, 6) is 1.63. The second kappa shape index (κ2) is 11.0. The molecule has 0 spiro atoms. The Labute approximate surface area is 211 Å². The predicted octanol–water partition coefficient (Wildman–Crippen LogP) is 6.68. The van der Waals surface area contributed by atoms with E-state index in [0.29, 0.717) is 23.7 Å². The van der Waals surface area contributed by atoms with Crippen LogP contribution in [0.4, 0.5) is 17.1 Å². The van der Waals surface area contributed by atoms with E-state index in [0.717, 1.165) is 34.1 Å². The summed E-state index contributed by atoms with van der Waals surface area (Å²) in [7, 11) is 1.56. The summed E-state index contributed by atoms with van der Waals surface area (Å²) >= 11 is 0. The van der Waals surface area contributed by atoms with Crippen LogP contribution in [0.25, 0.3) is 0 Å². The first-order valence-corrected chi connectivity index (χ1v) is 11.9. The summed E-state index contributed by atoms with van der Waals surface area (Å²) < 4.78 is 16.7. The fraction of sp³-hybridized carbons (Fsp3) is 0.241. The Morgan fingerprint density at radius 1 is 0.972 bits per heavy atom. The van der Waals surface area contributed by atoms with E-state index in [2.05, 4.69) is 10.5 Å². The van der Waals surface area contributed by atoms with Gasteiger partial charge in [0.25, 0.3) is 5.91 Å². The van der Waals surface area contributed by atoms with E-state index in [9.17, 15) is 4.79 Å². The summed E-state index contributed by atoms with van der Waals surface area (Å²) in [5, 5.41) is 7.33. The molecule has 0 atom stereocenters. The maximum Gasteiger partial charge on any atom is 0.258 e. The number of nitrogens with one attached hydrogen (secondary N) is 1. The monoisotopic (exact) mass is 485 g/mol. The van der Waals surface area contributed by atoms with E-state index >= 15 is 0 Å². The van der Waals surface area contributed by atoms with Crippen molar-refractivity contribution in [3.63, 3.8) is 0 Å². The van der Waals surface area contributed by atoms with Crippen LogP contribution in [0.15, 0.2) is 77.3 Å². The second-order valence-corrected chi connectivity index (χ2v) is 8.76. The third-order valence-electron chi connectivity index (χ3n) is 5.91. The van der Waals surface area contributed by atoms with Gasteiger partial charge in [-0.3, -0.25) is 4.79 Å². The quantitative estimate of drug-likeness (QED) is 0.285. The first-order valence-electron chi connectivity index (χ1n) is 11.9. The molecule has 36 heavy (non-hydrogen) atoms. The van der Waals surface area contributed by atoms with Crippen molar-refractivity contribution >= 4 is 23.0 Å². The normalized spacial score (nSPS) is 10.8. The molecule has 0 saturated heterocycles. The molecule has 3 aromatic carbocycles. The number of hydrogen-bond acceptors (Lipinski definition) is 6. The van der Waals surface area contributed by atoms with E-state index in [1.165, 1.54) is 0 Å². The average Bonchev–Trinajstić information content (AvgIpc) is 3.21. The highest BCUT2D eigenvalue weighted by Crippen LogP contribution is 2.31. The van der Waals surface area contributed by atoms with Crippen LogP contribution in [0.3, 0.4) is 0 Å². The van der Waals surface area contributed by atoms with Crippen LogP contribution in [-0.2, 0) is 6.61 Å². The average molecular weight is 486 g/mol. The molecule has 186 valence electrons. The summed E-state index contributed by atoms with van der Waals surface area (Å²) in [6.45, 7) is 8.01. The summed E-state index contributed by atoms with van der Waals surface area (Å²) in [5.41, 5.74) is 4.96. The first kappa shape index (κ1) is 24.9. The van der Waals surface area contributed by atoms with Gasteiger partial charge in [-0.1, -0.05) is 23.4 Å². The number of aryl methyl sites for hydroxylation is 2. The number of rotatable bonds is 9. The number of anilines is 3. The maximum absolute atomic E-state index is 13.6. The highest BCUT2D eigenvalue weighted by atomic mass is 16.5. The van der Waals surface area contributed by atoms with Gasteiger partial charge in [0, 0.05) is 28.7 Å². The number of aromatic nitrogens is 1. The number of para-hydroxylation sites is 1. The molecule has 0 aliphatic carbocycles. The zero-order valence-electron chi connectivity index (χ0n) is 21.2. The molecule has 0 radical (unpaired) electrons. The molecule has 1 heterocycles. The van der Waals surface area contributed by atoms with Crippen molar-refractivity contribution in [2.45, 2.75) is 40.3 Å². The Kier molecular flexibility index (Phi) is 7.59. The molecule has 7 nitrogen and oxygen atoms in total. The van der Waals surface area contributed by atoms with Gasteiger partial charge in [0.15, 0.2) is 11.5 Å². The SMILES string of the molecule is COc1cc(C(=O)N(c2ccc(Nc3ccccc3)cc2)C(C)C)ccc1OCc1c(C)noc1C. The molecule has 7 heteroatoms. The van der Waals surface area contributed by atoms with Gasteiger partial charge < -0.3 is 24.2 Å². The van der Waals surface area contributed by atoms with Gasteiger partial charge in [0.2, 0.25) is 0 Å². The number of nitrogens with zero attached hydrogens (tertiary/aromatic N) is 2. The van der Waals surface area contributed by atoms with Crippen LogP contribution in [0, 0.1) is 13.8 Å². The Bertz CT molecular complexity index is 1290. The smallest absolute Gasteiger partial charge is 0.258 e. The van der Waals surface area contributed by atoms with Crippen molar-refractivity contribution in [3.05, 3.63) is 95.4 Å². The van der Waals surface area contributed by atoms with Crippen molar-refractivity contribution in [1.82, 2.24) is 5.16 Å². The number of ether oxygens (including phenoxy) is 2. The molecule has 4 aromatic rings. The van der Waals surface area contributed by atoms with Crippen molar-refractivity contribution in [3.8, 4) is 11.5 Å². The van der Waals surface area contributed by atoms with Crippen molar-refractivity contribution < 1.29 is 18.8 Å². The van der Waals surface area contributed by atoms with Gasteiger partial charge >= 0.3 is 0 Å². The van der Waals surface area contributed by atoms with Crippen molar-refractivity contribution in [2.24, 2.45) is 0 Å². The van der Waals surface area contributed by atoms with Crippen LogP contribution < -0.4 is 19.7 Å². The fourth-order valence-corrected chi connectivity index (χ4v) is 3.96. The first-order chi connectivity index (χ1) is 17.4. The van der Waals surface area contributed by atoms with E-state index in [1.807, 2.05) is 82.3 Å². The van der Waals surface area contributed by atoms with Gasteiger partial charge in [-0.2, -0.15) is 0 Å². The Hall–Kier alpha value is -4.26. The third-order valence-corrected chi connectivity index (χ3v) is 5.91. The van der Waals surface area contributed by atoms with Crippen molar-refractivity contribution in [2.75, 3.05) is 17.3 Å². The molecule has 0 saturated carbocycles. The lowest BCUT2D eigenvalue weighted by Crippen LogP contribution is -2.37. The van der Waals surface area contributed by atoms with Gasteiger partial charge in [-0.05, 0) is 82.3 Å². The molecule has 1 amide bonds. The summed E-state index contributed by atoms with van der Waals surface area (Å²) in [4.78, 5) is 15.3. The van der Waals surface area contributed by atoms with Gasteiger partial charge in [0.1, 0.15) is 12.4 Å². The number of benzene rings is 3. The minimum absolute atomic E-state index is 0.0492. The lowest BCUT2D eigenvalue weighted by Gasteiger charge is -2.27. The molecule has 0 aliphatic heterocycles. The molecule has 0 aliphatic rings. The molecule has 0 bridgehead atoms. The van der Waals surface area contributed by atoms with Crippen molar-refractivity contribution in [1.29, 1.82) is 0 Å². The Morgan fingerprint density at radius 2 is 1.67 bits per heavy atom. The number of carbonyl (C=O) groups is 1. The maximum atomic E-state index is 13.6. The number of hydrogen-bond donors (Lipinski definition) is 1. The number of methoxy groups -OCH3 is 1. The molecule has 1 aromatic heterocycles. The largest absolute Gasteiger partial charge is 0.493 e. The molecular weight excluding hydrogens is 454 g/mol. The Balaban J connectivity index is 1.52. The zero-order chi connectivity index (χ0) is 25.7. The molecule has 0 fully saturated rings. The highest BCUT2D eigenvalue weighted by Gasteiger charge is 2.22. The van der Waals surface area contributed by atoms with Crippen LogP contribution >= 0.6 is 0 Å². The van der Waals surface area contributed by atoms with Gasteiger partial charge in [0.05, 0.1) is 18.4 Å². The minimum atomic E-state index is -0.121. The van der Waals surface area contributed by atoms with Gasteiger partial charge in [-0.25, -0.2) is 0 Å². The Morgan fingerprint density at radius 3 is 2.28 bits per heavy atom. The fourth-order valence-electron chi connectivity index (χ4n) is 3.96. The van der Waals surface area contributed by atoms with E-state index in [4.69, 9.17) is 14.0 Å². The predicted molar refractivity (Wildman–Crippen MR) is 141 cm³/mol. The van der Waals surface area contributed by atoms with Crippen LogP contribution in [0.2, 0.25) is 0 Å². The molecule has 4 rings (SSSR count). The second-order valence-electron chi connectivity index (χ2n) is 8.76.